The summed E-state index contributed by atoms with van der Waals surface area (Å²) in [7, 11) is 0. The van der Waals surface area contributed by atoms with Crippen LogP contribution in [0, 0.1) is 11.3 Å². The summed E-state index contributed by atoms with van der Waals surface area (Å²) >= 11 is 0. The van der Waals surface area contributed by atoms with Crippen LogP contribution in [0.4, 0.5) is 0 Å². The predicted octanol–water partition coefficient (Wildman–Crippen LogP) is 2.89. The summed E-state index contributed by atoms with van der Waals surface area (Å²) in [5.41, 5.74) is 0.740. The van der Waals surface area contributed by atoms with E-state index in [-0.39, 0.29) is 0 Å². The molecule has 0 atom stereocenters. The number of rotatable bonds is 5. The minimum absolute atomic E-state index is 0.648. The van der Waals surface area contributed by atoms with E-state index in [4.69, 9.17) is 0 Å². The Morgan fingerprint density at radius 3 is 2.41 bits per heavy atom. The Morgan fingerprint density at radius 2 is 1.88 bits per heavy atom. The van der Waals surface area contributed by atoms with Crippen LogP contribution in [0.5, 0.6) is 0 Å². The fraction of sp³-hybridized carbons (Fsp3) is 1.00. The van der Waals surface area contributed by atoms with E-state index in [0.29, 0.717) is 6.04 Å². The number of likely N-dealkylation sites (tertiary alicyclic amines) is 1. The zero-order valence-electron chi connectivity index (χ0n) is 12.0. The quantitative estimate of drug-likeness (QED) is 0.792. The molecular weight excluding hydrogens is 208 g/mol. The lowest BCUT2D eigenvalue weighted by Gasteiger charge is -2.53. The first-order chi connectivity index (χ1) is 8.13. The second-order valence-electron chi connectivity index (χ2n) is 6.72. The normalized spacial score (nSPS) is 25.4. The third-order valence-electron chi connectivity index (χ3n) is 4.64. The van der Waals surface area contributed by atoms with Gasteiger partial charge < -0.3 is 10.2 Å². The van der Waals surface area contributed by atoms with Gasteiger partial charge >= 0.3 is 0 Å². The summed E-state index contributed by atoms with van der Waals surface area (Å²) in [5.74, 6) is 0.947. The zero-order chi connectivity index (χ0) is 12.3. The maximum absolute atomic E-state index is 3.60. The number of hydrogen-bond donors (Lipinski definition) is 1. The average Bonchev–Trinajstić information content (AvgIpc) is 2.26. The summed E-state index contributed by atoms with van der Waals surface area (Å²) in [6, 6.07) is 0.648. The molecule has 2 fully saturated rings. The van der Waals surface area contributed by atoms with E-state index in [1.165, 1.54) is 58.3 Å². The fourth-order valence-corrected chi connectivity index (χ4v) is 3.59. The third-order valence-corrected chi connectivity index (χ3v) is 4.64. The zero-order valence-corrected chi connectivity index (χ0v) is 12.0. The molecule has 0 unspecified atom stereocenters. The first-order valence-electron chi connectivity index (χ1n) is 7.59. The molecule has 1 spiro atoms. The minimum atomic E-state index is 0.648. The van der Waals surface area contributed by atoms with Gasteiger partial charge in [-0.15, -0.1) is 0 Å². The van der Waals surface area contributed by atoms with E-state index in [1.54, 1.807) is 0 Å². The molecule has 1 heterocycles. The van der Waals surface area contributed by atoms with Crippen LogP contribution >= 0.6 is 0 Å². The molecule has 1 aliphatic carbocycles. The smallest absolute Gasteiger partial charge is 0.00505 e. The molecule has 1 N–H and O–H groups in total. The minimum Gasteiger partial charge on any atom is -0.314 e. The van der Waals surface area contributed by atoms with Gasteiger partial charge in [0.05, 0.1) is 0 Å². The van der Waals surface area contributed by atoms with E-state index < -0.39 is 0 Å². The Balaban J connectivity index is 1.65. The van der Waals surface area contributed by atoms with Gasteiger partial charge in [0.2, 0.25) is 0 Å². The molecule has 0 aromatic rings. The molecule has 2 rings (SSSR count). The molecular formula is C15H30N2. The molecule has 0 radical (unpaired) electrons. The number of hydrogen-bond acceptors (Lipinski definition) is 2. The van der Waals surface area contributed by atoms with Gasteiger partial charge in [-0.25, -0.2) is 0 Å². The second kappa shape index (κ2) is 5.71. The third kappa shape index (κ3) is 3.45. The monoisotopic (exact) mass is 238 g/mol. The Kier molecular flexibility index (Phi) is 4.48. The molecule has 100 valence electrons. The van der Waals surface area contributed by atoms with Crippen LogP contribution in [-0.2, 0) is 0 Å². The van der Waals surface area contributed by atoms with Crippen LogP contribution in [0.3, 0.4) is 0 Å². The standard InChI is InChI=1S/C15H30N2/c1-4-9-17-11-15(12-17)7-5-14(6-8-15)10-16-13(2)3/h13-14,16H,4-12H2,1-3H3. The largest absolute Gasteiger partial charge is 0.314 e. The van der Waals surface area contributed by atoms with Crippen LogP contribution in [0.15, 0.2) is 0 Å². The van der Waals surface area contributed by atoms with Crippen LogP contribution in [0.25, 0.3) is 0 Å². The van der Waals surface area contributed by atoms with Crippen molar-refractivity contribution < 1.29 is 0 Å². The summed E-state index contributed by atoms with van der Waals surface area (Å²) in [6.45, 7) is 12.1. The van der Waals surface area contributed by atoms with E-state index in [9.17, 15) is 0 Å². The highest BCUT2D eigenvalue weighted by Gasteiger charge is 2.44. The van der Waals surface area contributed by atoms with Crippen LogP contribution < -0.4 is 5.32 Å². The maximum Gasteiger partial charge on any atom is 0.00505 e. The van der Waals surface area contributed by atoms with Gasteiger partial charge in [-0.2, -0.15) is 0 Å². The fourth-order valence-electron chi connectivity index (χ4n) is 3.59. The van der Waals surface area contributed by atoms with E-state index >= 15 is 0 Å². The van der Waals surface area contributed by atoms with Crippen molar-refractivity contribution in [3.63, 3.8) is 0 Å². The molecule has 17 heavy (non-hydrogen) atoms. The Bertz CT molecular complexity index is 221. The molecule has 2 aliphatic rings. The topological polar surface area (TPSA) is 15.3 Å². The van der Waals surface area contributed by atoms with Gasteiger partial charge in [0, 0.05) is 19.1 Å². The molecule has 0 bridgehead atoms. The molecule has 0 amide bonds. The van der Waals surface area contributed by atoms with Gasteiger partial charge in [0.25, 0.3) is 0 Å². The van der Waals surface area contributed by atoms with Gasteiger partial charge in [-0.1, -0.05) is 20.8 Å². The maximum atomic E-state index is 3.60. The SMILES string of the molecule is CCCN1CC2(CCC(CNC(C)C)CC2)C1. The predicted molar refractivity (Wildman–Crippen MR) is 74.3 cm³/mol. The Labute approximate surface area is 107 Å². The molecule has 0 aromatic heterocycles. The van der Waals surface area contributed by atoms with Crippen molar-refractivity contribution in [2.45, 2.75) is 58.9 Å². The van der Waals surface area contributed by atoms with Crippen molar-refractivity contribution in [2.24, 2.45) is 11.3 Å². The average molecular weight is 238 g/mol. The molecule has 1 saturated heterocycles. The van der Waals surface area contributed by atoms with Crippen molar-refractivity contribution in [3.05, 3.63) is 0 Å². The molecule has 0 aromatic carbocycles. The van der Waals surface area contributed by atoms with Crippen molar-refractivity contribution in [1.82, 2.24) is 10.2 Å². The highest BCUT2D eigenvalue weighted by atomic mass is 15.2. The second-order valence-corrected chi connectivity index (χ2v) is 6.72. The Morgan fingerprint density at radius 1 is 1.24 bits per heavy atom. The van der Waals surface area contributed by atoms with Crippen molar-refractivity contribution in [1.29, 1.82) is 0 Å². The lowest BCUT2D eigenvalue weighted by Crippen LogP contribution is -2.57. The summed E-state index contributed by atoms with van der Waals surface area (Å²) in [6.07, 6.45) is 7.20. The van der Waals surface area contributed by atoms with Crippen LogP contribution in [0.1, 0.15) is 52.9 Å². The van der Waals surface area contributed by atoms with Gasteiger partial charge in [-0.3, -0.25) is 0 Å². The van der Waals surface area contributed by atoms with E-state index in [2.05, 4.69) is 31.0 Å². The van der Waals surface area contributed by atoms with Crippen molar-refractivity contribution >= 4 is 0 Å². The first kappa shape index (κ1) is 13.4. The highest BCUT2D eigenvalue weighted by Crippen LogP contribution is 2.45. The first-order valence-corrected chi connectivity index (χ1v) is 7.59. The van der Waals surface area contributed by atoms with E-state index in [0.717, 1.165) is 11.3 Å². The summed E-state index contributed by atoms with van der Waals surface area (Å²) in [4.78, 5) is 2.65. The summed E-state index contributed by atoms with van der Waals surface area (Å²) in [5, 5.41) is 3.60. The highest BCUT2D eigenvalue weighted by molar-refractivity contribution is 4.97. The molecule has 1 saturated carbocycles. The van der Waals surface area contributed by atoms with Crippen molar-refractivity contribution in [3.8, 4) is 0 Å². The molecule has 1 aliphatic heterocycles. The van der Waals surface area contributed by atoms with Gasteiger partial charge in [0.1, 0.15) is 0 Å². The van der Waals surface area contributed by atoms with E-state index in [1.807, 2.05) is 0 Å². The van der Waals surface area contributed by atoms with Gasteiger partial charge in [-0.05, 0) is 56.5 Å². The molecule has 2 nitrogen and oxygen atoms in total. The van der Waals surface area contributed by atoms with Crippen LogP contribution in [0.2, 0.25) is 0 Å². The number of nitrogens with zero attached hydrogens (tertiary/aromatic N) is 1. The van der Waals surface area contributed by atoms with Crippen LogP contribution in [-0.4, -0.2) is 37.1 Å². The summed E-state index contributed by atoms with van der Waals surface area (Å²) < 4.78 is 0. The van der Waals surface area contributed by atoms with Gasteiger partial charge in [0.15, 0.2) is 0 Å². The molecule has 2 heteroatoms. The lowest BCUT2D eigenvalue weighted by molar-refractivity contribution is -0.0374. The van der Waals surface area contributed by atoms with Crippen molar-refractivity contribution in [2.75, 3.05) is 26.2 Å². The Hall–Kier alpha value is -0.0800. The lowest BCUT2D eigenvalue weighted by atomic mass is 9.66. The number of nitrogens with one attached hydrogen (secondary N) is 1.